The first-order valence-electron chi connectivity index (χ1n) is 6.53. The molecule has 5 nitrogen and oxygen atoms in total. The lowest BCUT2D eigenvalue weighted by Crippen LogP contribution is -2.42. The van der Waals surface area contributed by atoms with Gasteiger partial charge in [-0.25, -0.2) is 4.79 Å². The Hall–Kier alpha value is -1.75. The van der Waals surface area contributed by atoms with Crippen molar-refractivity contribution in [3.8, 4) is 5.75 Å². The van der Waals surface area contributed by atoms with E-state index in [1.54, 1.807) is 6.92 Å². The molecule has 5 heteroatoms. The Kier molecular flexibility index (Phi) is 6.74. The number of rotatable bonds is 7. The highest BCUT2D eigenvalue weighted by Gasteiger charge is 2.06. The minimum atomic E-state index is -0.268. The molecule has 0 saturated heterocycles. The highest BCUT2D eigenvalue weighted by molar-refractivity contribution is 5.74. The molecule has 0 radical (unpaired) electrons. The summed E-state index contributed by atoms with van der Waals surface area (Å²) < 4.78 is 5.52. The van der Waals surface area contributed by atoms with Crippen LogP contribution in [0.2, 0.25) is 0 Å². The van der Waals surface area contributed by atoms with Gasteiger partial charge in [0.2, 0.25) is 0 Å². The van der Waals surface area contributed by atoms with Crippen LogP contribution in [-0.2, 0) is 6.42 Å². The van der Waals surface area contributed by atoms with Gasteiger partial charge in [-0.3, -0.25) is 0 Å². The fourth-order valence-corrected chi connectivity index (χ4v) is 1.64. The Labute approximate surface area is 114 Å². The van der Waals surface area contributed by atoms with Crippen LogP contribution < -0.4 is 15.4 Å². The SMILES string of the molecule is CCOc1ccccc1CCNC(=O)NC(C)CO. The van der Waals surface area contributed by atoms with E-state index in [-0.39, 0.29) is 18.7 Å². The van der Waals surface area contributed by atoms with E-state index < -0.39 is 0 Å². The number of aliphatic hydroxyl groups excluding tert-OH is 1. The molecule has 1 aromatic rings. The van der Waals surface area contributed by atoms with Gasteiger partial charge in [-0.2, -0.15) is 0 Å². The van der Waals surface area contributed by atoms with Gasteiger partial charge in [0.15, 0.2) is 0 Å². The van der Waals surface area contributed by atoms with Crippen molar-refractivity contribution >= 4 is 6.03 Å². The molecule has 106 valence electrons. The van der Waals surface area contributed by atoms with Gasteiger partial charge in [0.25, 0.3) is 0 Å². The summed E-state index contributed by atoms with van der Waals surface area (Å²) in [5, 5.41) is 14.2. The highest BCUT2D eigenvalue weighted by Crippen LogP contribution is 2.17. The number of aliphatic hydroxyl groups is 1. The molecule has 1 atom stereocenters. The molecule has 0 aliphatic rings. The zero-order valence-electron chi connectivity index (χ0n) is 11.5. The van der Waals surface area contributed by atoms with Gasteiger partial charge < -0.3 is 20.5 Å². The van der Waals surface area contributed by atoms with Crippen molar-refractivity contribution in [2.45, 2.75) is 26.3 Å². The van der Waals surface area contributed by atoms with Crippen molar-refractivity contribution in [1.82, 2.24) is 10.6 Å². The average molecular weight is 266 g/mol. The van der Waals surface area contributed by atoms with Crippen LogP contribution in [0.1, 0.15) is 19.4 Å². The molecule has 0 heterocycles. The summed E-state index contributed by atoms with van der Waals surface area (Å²) in [7, 11) is 0. The molecule has 0 saturated carbocycles. The molecule has 0 aliphatic carbocycles. The lowest BCUT2D eigenvalue weighted by molar-refractivity contribution is 0.220. The molecular formula is C14H22N2O3. The third-order valence-corrected chi connectivity index (χ3v) is 2.60. The zero-order valence-corrected chi connectivity index (χ0v) is 11.5. The molecule has 1 rings (SSSR count). The second kappa shape index (κ2) is 8.37. The second-order valence-electron chi connectivity index (χ2n) is 4.27. The van der Waals surface area contributed by atoms with E-state index in [0.717, 1.165) is 11.3 Å². The molecule has 19 heavy (non-hydrogen) atoms. The summed E-state index contributed by atoms with van der Waals surface area (Å²) in [5.41, 5.74) is 1.07. The summed E-state index contributed by atoms with van der Waals surface area (Å²) >= 11 is 0. The molecule has 2 amide bonds. The van der Waals surface area contributed by atoms with Crippen molar-refractivity contribution in [1.29, 1.82) is 0 Å². The van der Waals surface area contributed by atoms with E-state index in [2.05, 4.69) is 10.6 Å². The van der Waals surface area contributed by atoms with Crippen molar-refractivity contribution in [2.75, 3.05) is 19.8 Å². The largest absolute Gasteiger partial charge is 0.494 e. The molecule has 3 N–H and O–H groups in total. The third kappa shape index (κ3) is 5.61. The quantitative estimate of drug-likeness (QED) is 0.697. The number of nitrogens with one attached hydrogen (secondary N) is 2. The Balaban J connectivity index is 2.38. The molecule has 1 unspecified atom stereocenters. The summed E-state index contributed by atoms with van der Waals surface area (Å²) in [4.78, 5) is 11.4. The van der Waals surface area contributed by atoms with Crippen LogP contribution in [0.15, 0.2) is 24.3 Å². The van der Waals surface area contributed by atoms with E-state index in [4.69, 9.17) is 9.84 Å². The van der Waals surface area contributed by atoms with Crippen LogP contribution in [0.5, 0.6) is 5.75 Å². The van der Waals surface area contributed by atoms with Crippen molar-refractivity contribution in [3.63, 3.8) is 0 Å². The van der Waals surface area contributed by atoms with Crippen LogP contribution in [-0.4, -0.2) is 36.9 Å². The van der Waals surface area contributed by atoms with Crippen LogP contribution >= 0.6 is 0 Å². The minimum absolute atomic E-state index is 0.0689. The van der Waals surface area contributed by atoms with Gasteiger partial charge in [0.05, 0.1) is 19.3 Å². The number of ether oxygens (including phenoxy) is 1. The lowest BCUT2D eigenvalue weighted by Gasteiger charge is -2.13. The number of carbonyl (C=O) groups is 1. The smallest absolute Gasteiger partial charge is 0.315 e. The molecule has 0 aromatic heterocycles. The van der Waals surface area contributed by atoms with Crippen molar-refractivity contribution in [2.24, 2.45) is 0 Å². The number of hydrogen-bond acceptors (Lipinski definition) is 3. The Morgan fingerprint density at radius 2 is 2.16 bits per heavy atom. The summed E-state index contributed by atoms with van der Waals surface area (Å²) in [6.07, 6.45) is 0.705. The second-order valence-corrected chi connectivity index (χ2v) is 4.27. The first-order chi connectivity index (χ1) is 9.17. The Morgan fingerprint density at radius 1 is 1.42 bits per heavy atom. The number of hydrogen-bond donors (Lipinski definition) is 3. The molecule has 0 spiro atoms. The maximum absolute atomic E-state index is 11.4. The van der Waals surface area contributed by atoms with E-state index >= 15 is 0 Å². The first kappa shape index (κ1) is 15.3. The fourth-order valence-electron chi connectivity index (χ4n) is 1.64. The number of urea groups is 1. The topological polar surface area (TPSA) is 70.6 Å². The molecular weight excluding hydrogens is 244 g/mol. The van der Waals surface area contributed by atoms with Gasteiger partial charge in [0.1, 0.15) is 5.75 Å². The standard InChI is InChI=1S/C14H22N2O3/c1-3-19-13-7-5-4-6-12(13)8-9-15-14(18)16-11(2)10-17/h4-7,11,17H,3,8-10H2,1-2H3,(H2,15,16,18). The van der Waals surface area contributed by atoms with Gasteiger partial charge >= 0.3 is 6.03 Å². The molecule has 0 fully saturated rings. The number of amides is 2. The van der Waals surface area contributed by atoms with E-state index in [1.807, 2.05) is 31.2 Å². The normalized spacial score (nSPS) is 11.7. The van der Waals surface area contributed by atoms with E-state index in [9.17, 15) is 4.79 Å². The van der Waals surface area contributed by atoms with Crippen LogP contribution in [0, 0.1) is 0 Å². The summed E-state index contributed by atoms with van der Waals surface area (Å²) in [5.74, 6) is 0.857. The van der Waals surface area contributed by atoms with Gasteiger partial charge in [-0.15, -0.1) is 0 Å². The average Bonchev–Trinajstić information content (AvgIpc) is 2.41. The van der Waals surface area contributed by atoms with Crippen molar-refractivity contribution < 1.29 is 14.6 Å². The van der Waals surface area contributed by atoms with Crippen LogP contribution in [0.25, 0.3) is 0 Å². The first-order valence-corrected chi connectivity index (χ1v) is 6.53. The summed E-state index contributed by atoms with van der Waals surface area (Å²) in [6, 6.07) is 7.28. The molecule has 1 aromatic carbocycles. The number of benzene rings is 1. The monoisotopic (exact) mass is 266 g/mol. The highest BCUT2D eigenvalue weighted by atomic mass is 16.5. The van der Waals surface area contributed by atoms with Gasteiger partial charge in [0, 0.05) is 6.54 Å². The number of para-hydroxylation sites is 1. The Morgan fingerprint density at radius 3 is 2.84 bits per heavy atom. The fraction of sp³-hybridized carbons (Fsp3) is 0.500. The maximum atomic E-state index is 11.4. The van der Waals surface area contributed by atoms with Crippen LogP contribution in [0.3, 0.4) is 0 Å². The minimum Gasteiger partial charge on any atom is -0.494 e. The summed E-state index contributed by atoms with van der Waals surface area (Å²) in [6.45, 7) is 4.76. The van der Waals surface area contributed by atoms with Gasteiger partial charge in [-0.05, 0) is 31.9 Å². The zero-order chi connectivity index (χ0) is 14.1. The van der Waals surface area contributed by atoms with Crippen molar-refractivity contribution in [3.05, 3.63) is 29.8 Å². The predicted octanol–water partition coefficient (Wildman–Crippen LogP) is 1.31. The predicted molar refractivity (Wildman–Crippen MR) is 74.4 cm³/mol. The maximum Gasteiger partial charge on any atom is 0.315 e. The molecule has 0 bridgehead atoms. The van der Waals surface area contributed by atoms with Gasteiger partial charge in [-0.1, -0.05) is 18.2 Å². The lowest BCUT2D eigenvalue weighted by atomic mass is 10.1. The third-order valence-electron chi connectivity index (χ3n) is 2.60. The van der Waals surface area contributed by atoms with E-state index in [0.29, 0.717) is 19.6 Å². The Bertz CT molecular complexity index is 396. The number of carbonyl (C=O) groups excluding carboxylic acids is 1. The van der Waals surface area contributed by atoms with Crippen LogP contribution in [0.4, 0.5) is 4.79 Å². The molecule has 0 aliphatic heterocycles. The van der Waals surface area contributed by atoms with E-state index in [1.165, 1.54) is 0 Å².